The summed E-state index contributed by atoms with van der Waals surface area (Å²) in [4.78, 5) is 6.51. The van der Waals surface area contributed by atoms with Crippen molar-refractivity contribution in [2.24, 2.45) is 0 Å². The third-order valence-corrected chi connectivity index (χ3v) is 3.76. The molecule has 1 heterocycles. The monoisotopic (exact) mass is 276 g/mol. The van der Waals surface area contributed by atoms with Gasteiger partial charge in [0.25, 0.3) is 5.19 Å². The van der Waals surface area contributed by atoms with E-state index in [-0.39, 0.29) is 0 Å². The van der Waals surface area contributed by atoms with Crippen LogP contribution in [0.1, 0.15) is 12.8 Å². The quantitative estimate of drug-likeness (QED) is 0.826. The second-order valence-corrected chi connectivity index (χ2v) is 5.13. The second-order valence-electron chi connectivity index (χ2n) is 3.50. The van der Waals surface area contributed by atoms with Crippen molar-refractivity contribution in [2.75, 3.05) is 20.2 Å². The zero-order valence-electron chi connectivity index (χ0n) is 8.07. The molecule has 1 aliphatic rings. The maximum Gasteiger partial charge on any atom is 0.274 e. The Balaban J connectivity index is 1.67. The van der Waals surface area contributed by atoms with Gasteiger partial charge in [0.2, 0.25) is 0 Å². The van der Waals surface area contributed by atoms with Crippen LogP contribution in [0.15, 0.2) is 9.98 Å². The summed E-state index contributed by atoms with van der Waals surface area (Å²) in [6, 6.07) is 0.807. The molecule has 0 N–H and O–H groups in total. The van der Waals surface area contributed by atoms with Gasteiger partial charge in [-0.15, -0.1) is 0 Å². The molecule has 0 aliphatic heterocycles. The van der Waals surface area contributed by atoms with Gasteiger partial charge < -0.3 is 9.64 Å². The summed E-state index contributed by atoms with van der Waals surface area (Å²) in [7, 11) is 2.15. The van der Waals surface area contributed by atoms with Gasteiger partial charge in [0.15, 0.2) is 0 Å². The van der Waals surface area contributed by atoms with E-state index in [2.05, 4.69) is 32.9 Å². The fraction of sp³-hybridized carbons (Fsp3) is 0.667. The van der Waals surface area contributed by atoms with Crippen LogP contribution in [0, 0.1) is 0 Å². The Morgan fingerprint density at radius 3 is 3.07 bits per heavy atom. The van der Waals surface area contributed by atoms with E-state index in [1.165, 1.54) is 24.2 Å². The highest BCUT2D eigenvalue weighted by Crippen LogP contribution is 2.25. The molecule has 0 saturated heterocycles. The summed E-state index contributed by atoms with van der Waals surface area (Å²) in [5, 5.41) is 2.68. The molecule has 0 atom stereocenters. The van der Waals surface area contributed by atoms with Crippen molar-refractivity contribution in [3.63, 3.8) is 0 Å². The minimum atomic E-state index is 0.729. The lowest BCUT2D eigenvalue weighted by Crippen LogP contribution is -2.26. The standard InChI is InChI=1S/C9H13BrN2OS/c1-12(7-2-3-7)4-5-13-9-11-8(10)6-14-9/h6-7H,2-5H2,1H3. The summed E-state index contributed by atoms with van der Waals surface area (Å²) in [6.45, 7) is 1.72. The molecular weight excluding hydrogens is 264 g/mol. The summed E-state index contributed by atoms with van der Waals surface area (Å²) in [6.07, 6.45) is 2.69. The molecule has 3 nitrogen and oxygen atoms in total. The molecule has 0 spiro atoms. The predicted octanol–water partition coefficient (Wildman–Crippen LogP) is 2.38. The first-order valence-electron chi connectivity index (χ1n) is 4.70. The van der Waals surface area contributed by atoms with E-state index >= 15 is 0 Å². The Morgan fingerprint density at radius 1 is 1.71 bits per heavy atom. The number of ether oxygens (including phenoxy) is 1. The third-order valence-electron chi connectivity index (χ3n) is 2.29. The van der Waals surface area contributed by atoms with Crippen LogP contribution < -0.4 is 4.74 Å². The number of likely N-dealkylation sites (N-methyl/N-ethyl adjacent to an activating group) is 1. The van der Waals surface area contributed by atoms with Crippen LogP contribution in [0.2, 0.25) is 0 Å². The van der Waals surface area contributed by atoms with Crippen molar-refractivity contribution in [3.05, 3.63) is 9.98 Å². The van der Waals surface area contributed by atoms with Crippen molar-refractivity contribution in [1.82, 2.24) is 9.88 Å². The summed E-state index contributed by atoms with van der Waals surface area (Å²) in [5.74, 6) is 0. The van der Waals surface area contributed by atoms with E-state index < -0.39 is 0 Å². The number of halogens is 1. The van der Waals surface area contributed by atoms with Crippen LogP contribution >= 0.6 is 27.3 Å². The molecule has 1 aliphatic carbocycles. The molecular formula is C9H13BrN2OS. The van der Waals surface area contributed by atoms with Gasteiger partial charge in [0.1, 0.15) is 11.2 Å². The summed E-state index contributed by atoms with van der Waals surface area (Å²) < 4.78 is 6.37. The Morgan fingerprint density at radius 2 is 2.50 bits per heavy atom. The molecule has 1 aromatic rings. The molecule has 0 aromatic carbocycles. The first-order valence-corrected chi connectivity index (χ1v) is 6.37. The van der Waals surface area contributed by atoms with E-state index in [1.807, 2.05) is 5.38 Å². The minimum absolute atomic E-state index is 0.729. The zero-order chi connectivity index (χ0) is 9.97. The normalized spacial score (nSPS) is 16.2. The summed E-state index contributed by atoms with van der Waals surface area (Å²) >= 11 is 4.82. The van der Waals surface area contributed by atoms with Gasteiger partial charge in [-0.3, -0.25) is 0 Å². The van der Waals surface area contributed by atoms with Crippen molar-refractivity contribution >= 4 is 27.3 Å². The fourth-order valence-corrected chi connectivity index (χ4v) is 2.39. The van der Waals surface area contributed by atoms with Gasteiger partial charge in [0, 0.05) is 18.0 Å². The van der Waals surface area contributed by atoms with Crippen molar-refractivity contribution in [1.29, 1.82) is 0 Å². The summed E-state index contributed by atoms with van der Waals surface area (Å²) in [5.41, 5.74) is 0. The van der Waals surface area contributed by atoms with Crippen LogP contribution in [-0.4, -0.2) is 36.1 Å². The molecule has 2 rings (SSSR count). The van der Waals surface area contributed by atoms with Crippen LogP contribution in [0.4, 0.5) is 0 Å². The number of hydrogen-bond donors (Lipinski definition) is 0. The van der Waals surface area contributed by atoms with Crippen molar-refractivity contribution in [2.45, 2.75) is 18.9 Å². The molecule has 0 radical (unpaired) electrons. The molecule has 1 fully saturated rings. The van der Waals surface area contributed by atoms with Crippen LogP contribution in [0.3, 0.4) is 0 Å². The molecule has 0 unspecified atom stereocenters. The van der Waals surface area contributed by atoms with Gasteiger partial charge in [0.05, 0.1) is 0 Å². The Kier molecular flexibility index (Phi) is 3.41. The first kappa shape index (κ1) is 10.4. The number of rotatable bonds is 5. The molecule has 0 amide bonds. The fourth-order valence-electron chi connectivity index (χ4n) is 1.28. The smallest absolute Gasteiger partial charge is 0.274 e. The molecule has 14 heavy (non-hydrogen) atoms. The third kappa shape index (κ3) is 2.93. The van der Waals surface area contributed by atoms with Crippen LogP contribution in [0.5, 0.6) is 5.19 Å². The average Bonchev–Trinajstić information content (AvgIpc) is 2.92. The minimum Gasteiger partial charge on any atom is -0.469 e. The zero-order valence-corrected chi connectivity index (χ0v) is 10.5. The maximum absolute atomic E-state index is 5.51. The topological polar surface area (TPSA) is 25.4 Å². The lowest BCUT2D eigenvalue weighted by atomic mass is 10.5. The highest BCUT2D eigenvalue weighted by atomic mass is 79.9. The molecule has 5 heteroatoms. The van der Waals surface area contributed by atoms with Gasteiger partial charge in [-0.25, -0.2) is 0 Å². The molecule has 78 valence electrons. The largest absolute Gasteiger partial charge is 0.469 e. The van der Waals surface area contributed by atoms with E-state index in [9.17, 15) is 0 Å². The maximum atomic E-state index is 5.51. The van der Waals surface area contributed by atoms with Gasteiger partial charge in [-0.2, -0.15) is 4.98 Å². The number of aromatic nitrogens is 1. The average molecular weight is 277 g/mol. The number of hydrogen-bond acceptors (Lipinski definition) is 4. The molecule has 1 aromatic heterocycles. The second kappa shape index (κ2) is 4.59. The Hall–Kier alpha value is -0.130. The highest BCUT2D eigenvalue weighted by molar-refractivity contribution is 9.10. The number of nitrogens with zero attached hydrogens (tertiary/aromatic N) is 2. The van der Waals surface area contributed by atoms with Crippen LogP contribution in [-0.2, 0) is 0 Å². The van der Waals surface area contributed by atoms with E-state index in [1.54, 1.807) is 0 Å². The van der Waals surface area contributed by atoms with Crippen molar-refractivity contribution in [3.8, 4) is 5.19 Å². The Labute approximate surface area is 96.2 Å². The molecule has 1 saturated carbocycles. The van der Waals surface area contributed by atoms with Crippen LogP contribution in [0.25, 0.3) is 0 Å². The van der Waals surface area contributed by atoms with Gasteiger partial charge in [-0.05, 0) is 35.8 Å². The highest BCUT2D eigenvalue weighted by Gasteiger charge is 2.25. The predicted molar refractivity (Wildman–Crippen MR) is 61.0 cm³/mol. The first-order chi connectivity index (χ1) is 6.75. The lowest BCUT2D eigenvalue weighted by Gasteiger charge is -2.14. The Bertz CT molecular complexity index is 301. The van der Waals surface area contributed by atoms with E-state index in [0.717, 1.165) is 29.0 Å². The molecule has 0 bridgehead atoms. The van der Waals surface area contributed by atoms with E-state index in [0.29, 0.717) is 0 Å². The van der Waals surface area contributed by atoms with Crippen molar-refractivity contribution < 1.29 is 4.74 Å². The van der Waals surface area contributed by atoms with E-state index in [4.69, 9.17) is 4.74 Å². The van der Waals surface area contributed by atoms with Gasteiger partial charge >= 0.3 is 0 Å². The van der Waals surface area contributed by atoms with Gasteiger partial charge in [-0.1, -0.05) is 11.3 Å². The number of thiazole rings is 1. The SMILES string of the molecule is CN(CCOc1nc(Br)cs1)C1CC1. The lowest BCUT2D eigenvalue weighted by molar-refractivity contribution is 0.231.